The topological polar surface area (TPSA) is 26.0 Å². The molecule has 0 radical (unpaired) electrons. The van der Waals surface area contributed by atoms with Gasteiger partial charge in [-0.05, 0) is 34.7 Å². The lowest BCUT2D eigenvalue weighted by Crippen LogP contribution is -1.99. The first-order chi connectivity index (χ1) is 8.86. The number of unbranched alkanes of at least 4 members (excludes halogenated alkanes) is 3. The Morgan fingerprint density at radius 1 is 0.889 bits per heavy atom. The molecular formula is C17H23N. The lowest BCUT2D eigenvalue weighted by molar-refractivity contribution is 0.668. The molecule has 0 atom stereocenters. The van der Waals surface area contributed by atoms with Crippen LogP contribution in [0.25, 0.3) is 10.8 Å². The van der Waals surface area contributed by atoms with Gasteiger partial charge in [-0.1, -0.05) is 62.6 Å². The molecule has 0 aromatic heterocycles. The van der Waals surface area contributed by atoms with E-state index in [-0.39, 0.29) is 0 Å². The molecule has 0 aliphatic rings. The van der Waals surface area contributed by atoms with Gasteiger partial charge in [0.05, 0.1) is 0 Å². The van der Waals surface area contributed by atoms with Crippen LogP contribution in [0.15, 0.2) is 36.4 Å². The monoisotopic (exact) mass is 241 g/mol. The van der Waals surface area contributed by atoms with E-state index in [4.69, 9.17) is 5.73 Å². The molecule has 2 aromatic carbocycles. The molecule has 2 N–H and O–H groups in total. The summed E-state index contributed by atoms with van der Waals surface area (Å²) in [5, 5.41) is 2.71. The van der Waals surface area contributed by atoms with Crippen molar-refractivity contribution in [3.05, 3.63) is 47.5 Å². The van der Waals surface area contributed by atoms with Crippen LogP contribution in [0.5, 0.6) is 0 Å². The molecule has 2 aromatic rings. The molecule has 0 bridgehead atoms. The third-order valence-corrected chi connectivity index (χ3v) is 3.60. The van der Waals surface area contributed by atoms with Crippen LogP contribution >= 0.6 is 0 Å². The Labute approximate surface area is 110 Å². The van der Waals surface area contributed by atoms with E-state index >= 15 is 0 Å². The van der Waals surface area contributed by atoms with Crippen LogP contribution in [0.3, 0.4) is 0 Å². The van der Waals surface area contributed by atoms with Gasteiger partial charge in [0.1, 0.15) is 0 Å². The Morgan fingerprint density at radius 3 is 2.28 bits per heavy atom. The van der Waals surface area contributed by atoms with Crippen molar-refractivity contribution >= 4 is 10.8 Å². The summed E-state index contributed by atoms with van der Waals surface area (Å²) in [6.07, 6.45) is 6.43. The second kappa shape index (κ2) is 6.55. The third kappa shape index (κ3) is 2.91. The summed E-state index contributed by atoms with van der Waals surface area (Å²) >= 11 is 0. The Bertz CT molecular complexity index is 497. The lowest BCUT2D eigenvalue weighted by atomic mass is 9.95. The minimum atomic E-state index is 0.628. The van der Waals surface area contributed by atoms with Crippen molar-refractivity contribution in [3.8, 4) is 0 Å². The van der Waals surface area contributed by atoms with E-state index in [1.807, 2.05) is 0 Å². The van der Waals surface area contributed by atoms with Gasteiger partial charge in [-0.3, -0.25) is 0 Å². The highest BCUT2D eigenvalue weighted by Gasteiger charge is 2.04. The van der Waals surface area contributed by atoms with Gasteiger partial charge >= 0.3 is 0 Å². The zero-order valence-electron chi connectivity index (χ0n) is 11.3. The van der Waals surface area contributed by atoms with E-state index in [1.54, 1.807) is 0 Å². The molecule has 18 heavy (non-hydrogen) atoms. The maximum atomic E-state index is 5.86. The van der Waals surface area contributed by atoms with E-state index in [1.165, 1.54) is 54.0 Å². The third-order valence-electron chi connectivity index (χ3n) is 3.60. The number of hydrogen-bond donors (Lipinski definition) is 1. The second-order valence-corrected chi connectivity index (χ2v) is 4.95. The summed E-state index contributed by atoms with van der Waals surface area (Å²) in [6, 6.07) is 13.0. The minimum absolute atomic E-state index is 0.628. The summed E-state index contributed by atoms with van der Waals surface area (Å²) in [5.41, 5.74) is 8.60. The molecule has 0 saturated carbocycles. The van der Waals surface area contributed by atoms with Gasteiger partial charge in [0, 0.05) is 6.54 Å². The summed E-state index contributed by atoms with van der Waals surface area (Å²) in [4.78, 5) is 0. The van der Waals surface area contributed by atoms with Crippen LogP contribution in [0.1, 0.15) is 43.7 Å². The van der Waals surface area contributed by atoms with E-state index in [0.717, 1.165) is 0 Å². The molecule has 1 heteroatoms. The van der Waals surface area contributed by atoms with Crippen molar-refractivity contribution in [1.29, 1.82) is 0 Å². The molecule has 0 aliphatic carbocycles. The maximum Gasteiger partial charge on any atom is 0.0184 e. The zero-order chi connectivity index (χ0) is 12.8. The van der Waals surface area contributed by atoms with E-state index in [0.29, 0.717) is 6.54 Å². The molecule has 0 aliphatic heterocycles. The van der Waals surface area contributed by atoms with Gasteiger partial charge in [0.15, 0.2) is 0 Å². The number of aryl methyl sites for hydroxylation is 1. The second-order valence-electron chi connectivity index (χ2n) is 4.95. The Kier molecular flexibility index (Phi) is 4.77. The van der Waals surface area contributed by atoms with Crippen LogP contribution in [0.2, 0.25) is 0 Å². The Morgan fingerprint density at radius 2 is 1.61 bits per heavy atom. The number of benzene rings is 2. The molecule has 0 heterocycles. The van der Waals surface area contributed by atoms with Crippen molar-refractivity contribution in [2.24, 2.45) is 5.73 Å². The fourth-order valence-corrected chi connectivity index (χ4v) is 2.62. The van der Waals surface area contributed by atoms with Gasteiger partial charge < -0.3 is 5.73 Å². The summed E-state index contributed by atoms with van der Waals surface area (Å²) in [5.74, 6) is 0. The summed E-state index contributed by atoms with van der Waals surface area (Å²) in [7, 11) is 0. The molecule has 0 spiro atoms. The largest absolute Gasteiger partial charge is 0.326 e. The summed E-state index contributed by atoms with van der Waals surface area (Å²) < 4.78 is 0. The summed E-state index contributed by atoms with van der Waals surface area (Å²) in [6.45, 7) is 2.88. The van der Waals surface area contributed by atoms with Gasteiger partial charge in [-0.2, -0.15) is 0 Å². The zero-order valence-corrected chi connectivity index (χ0v) is 11.3. The van der Waals surface area contributed by atoms with Gasteiger partial charge in [0.2, 0.25) is 0 Å². The molecule has 0 unspecified atom stereocenters. The van der Waals surface area contributed by atoms with E-state index in [2.05, 4.69) is 43.3 Å². The van der Waals surface area contributed by atoms with Gasteiger partial charge in [-0.25, -0.2) is 0 Å². The molecule has 96 valence electrons. The smallest absolute Gasteiger partial charge is 0.0184 e. The Hall–Kier alpha value is -1.34. The normalized spacial score (nSPS) is 11.0. The van der Waals surface area contributed by atoms with Crippen LogP contribution in [-0.4, -0.2) is 0 Å². The van der Waals surface area contributed by atoms with Crippen LogP contribution in [0, 0.1) is 0 Å². The van der Waals surface area contributed by atoms with E-state index < -0.39 is 0 Å². The fraction of sp³-hybridized carbons (Fsp3) is 0.412. The number of hydrogen-bond acceptors (Lipinski definition) is 1. The molecule has 0 amide bonds. The highest BCUT2D eigenvalue weighted by molar-refractivity contribution is 5.88. The molecule has 0 fully saturated rings. The van der Waals surface area contributed by atoms with Crippen molar-refractivity contribution < 1.29 is 0 Å². The maximum absolute atomic E-state index is 5.86. The molecular weight excluding hydrogens is 218 g/mol. The number of rotatable bonds is 6. The molecule has 2 rings (SSSR count). The first-order valence-corrected chi connectivity index (χ1v) is 7.06. The van der Waals surface area contributed by atoms with E-state index in [9.17, 15) is 0 Å². The quantitative estimate of drug-likeness (QED) is 0.744. The van der Waals surface area contributed by atoms with Gasteiger partial charge in [0.25, 0.3) is 0 Å². The minimum Gasteiger partial charge on any atom is -0.326 e. The lowest BCUT2D eigenvalue weighted by Gasteiger charge is -2.10. The molecule has 1 nitrogen and oxygen atoms in total. The highest BCUT2D eigenvalue weighted by Crippen LogP contribution is 2.24. The van der Waals surface area contributed by atoms with Crippen LogP contribution in [0.4, 0.5) is 0 Å². The SMILES string of the molecule is CCCCCCc1cccc2cccc(CN)c12. The average Bonchev–Trinajstić information content (AvgIpc) is 2.43. The van der Waals surface area contributed by atoms with Crippen molar-refractivity contribution in [2.75, 3.05) is 0 Å². The number of nitrogens with two attached hydrogens (primary N) is 1. The Balaban J connectivity index is 2.26. The highest BCUT2D eigenvalue weighted by atomic mass is 14.5. The predicted molar refractivity (Wildman–Crippen MR) is 79.7 cm³/mol. The predicted octanol–water partition coefficient (Wildman–Crippen LogP) is 4.42. The van der Waals surface area contributed by atoms with Crippen LogP contribution in [-0.2, 0) is 13.0 Å². The number of fused-ring (bicyclic) bond motifs is 1. The fourth-order valence-electron chi connectivity index (χ4n) is 2.62. The first-order valence-electron chi connectivity index (χ1n) is 7.06. The molecule has 0 saturated heterocycles. The van der Waals surface area contributed by atoms with Gasteiger partial charge in [-0.15, -0.1) is 0 Å². The van der Waals surface area contributed by atoms with Crippen LogP contribution < -0.4 is 5.73 Å². The van der Waals surface area contributed by atoms with Crippen molar-refractivity contribution in [1.82, 2.24) is 0 Å². The average molecular weight is 241 g/mol. The standard InChI is InChI=1S/C17H23N/c1-2-3-4-5-8-14-9-6-10-15-11-7-12-16(13-18)17(14)15/h6-7,9-12H,2-5,8,13,18H2,1H3. The van der Waals surface area contributed by atoms with Crippen molar-refractivity contribution in [2.45, 2.75) is 45.6 Å². The van der Waals surface area contributed by atoms with Crippen molar-refractivity contribution in [3.63, 3.8) is 0 Å². The first kappa shape index (κ1) is 13.1.